The number of ether oxygens (including phenoxy) is 1. The van der Waals surface area contributed by atoms with Crippen LogP contribution < -0.4 is 10.6 Å². The molecule has 0 amide bonds. The maximum atomic E-state index is 5.66. The summed E-state index contributed by atoms with van der Waals surface area (Å²) < 4.78 is 5.66. The largest absolute Gasteiger partial charge is 0.475 e. The molecular weight excluding hydrogens is 306 g/mol. The molecule has 0 aromatic heterocycles. The normalized spacial score (nSPS) is 16.4. The molecule has 3 rings (SSSR count). The molecule has 2 aromatic carbocycles. The lowest BCUT2D eigenvalue weighted by molar-refractivity contribution is 0.317. The highest BCUT2D eigenvalue weighted by Gasteiger charge is 2.19. The summed E-state index contributed by atoms with van der Waals surface area (Å²) in [5.41, 5.74) is 3.21. The van der Waals surface area contributed by atoms with Gasteiger partial charge in [-0.1, -0.05) is 35.9 Å². The first-order valence-corrected chi connectivity index (χ1v) is 7.99. The first-order valence-electron chi connectivity index (χ1n) is 7.58. The quantitative estimate of drug-likeness (QED) is 0.848. The number of hydrogen-bond acceptors (Lipinski definition) is 3. The third-order valence-electron chi connectivity index (χ3n) is 3.54. The van der Waals surface area contributed by atoms with Crippen LogP contribution in [-0.2, 0) is 4.74 Å². The van der Waals surface area contributed by atoms with E-state index in [-0.39, 0.29) is 6.04 Å². The average Bonchev–Trinajstić information content (AvgIpc) is 3.05. The van der Waals surface area contributed by atoms with Gasteiger partial charge in [-0.25, -0.2) is 4.99 Å². The van der Waals surface area contributed by atoms with Crippen LogP contribution in [0.1, 0.15) is 11.1 Å². The lowest BCUT2D eigenvalue weighted by atomic mass is 10.2. The van der Waals surface area contributed by atoms with Crippen LogP contribution >= 0.6 is 12.2 Å². The van der Waals surface area contributed by atoms with Crippen molar-refractivity contribution in [3.8, 4) is 0 Å². The van der Waals surface area contributed by atoms with Gasteiger partial charge in [0.05, 0.1) is 0 Å². The minimum atomic E-state index is 0.0722. The van der Waals surface area contributed by atoms with E-state index in [0.717, 1.165) is 11.3 Å². The molecule has 1 aliphatic rings. The van der Waals surface area contributed by atoms with Crippen LogP contribution in [0.4, 0.5) is 5.69 Å². The van der Waals surface area contributed by atoms with Crippen molar-refractivity contribution in [3.63, 3.8) is 0 Å². The van der Waals surface area contributed by atoms with Crippen molar-refractivity contribution in [2.75, 3.05) is 18.5 Å². The van der Waals surface area contributed by atoms with Crippen LogP contribution in [-0.4, -0.2) is 30.2 Å². The maximum Gasteiger partial charge on any atom is 0.216 e. The SMILES string of the molecule is Cc1ccc(NC(=S)NC[C@H]2COC(c3ccccc3)=N2)cc1. The summed E-state index contributed by atoms with van der Waals surface area (Å²) in [5.74, 6) is 0.704. The Kier molecular flexibility index (Phi) is 4.88. The predicted octanol–water partition coefficient (Wildman–Crippen LogP) is 3.13. The second-order valence-electron chi connectivity index (χ2n) is 5.47. The lowest BCUT2D eigenvalue weighted by Crippen LogP contribution is -2.34. The Bertz CT molecular complexity index is 698. The number of benzene rings is 2. The minimum absolute atomic E-state index is 0.0722. The molecule has 118 valence electrons. The Morgan fingerprint density at radius 1 is 1.17 bits per heavy atom. The highest BCUT2D eigenvalue weighted by atomic mass is 32.1. The Morgan fingerprint density at radius 2 is 1.91 bits per heavy atom. The van der Waals surface area contributed by atoms with Crippen molar-refractivity contribution < 1.29 is 4.74 Å². The van der Waals surface area contributed by atoms with Crippen LogP contribution in [0.25, 0.3) is 0 Å². The zero-order valence-corrected chi connectivity index (χ0v) is 13.8. The molecule has 4 nitrogen and oxygen atoms in total. The molecule has 0 bridgehead atoms. The van der Waals surface area contributed by atoms with Crippen molar-refractivity contribution in [3.05, 3.63) is 65.7 Å². The molecular formula is C18H19N3OS. The van der Waals surface area contributed by atoms with Crippen molar-refractivity contribution in [1.82, 2.24) is 5.32 Å². The van der Waals surface area contributed by atoms with E-state index in [0.29, 0.717) is 24.2 Å². The summed E-state index contributed by atoms with van der Waals surface area (Å²) in [5, 5.41) is 6.95. The number of aryl methyl sites for hydroxylation is 1. The summed E-state index contributed by atoms with van der Waals surface area (Å²) in [6.07, 6.45) is 0. The molecule has 0 radical (unpaired) electrons. The number of rotatable bonds is 4. The number of aliphatic imine (C=N–C) groups is 1. The Morgan fingerprint density at radius 3 is 2.65 bits per heavy atom. The van der Waals surface area contributed by atoms with Gasteiger partial charge in [-0.2, -0.15) is 0 Å². The van der Waals surface area contributed by atoms with E-state index >= 15 is 0 Å². The van der Waals surface area contributed by atoms with Gasteiger partial charge in [0.15, 0.2) is 5.11 Å². The molecule has 2 aromatic rings. The first kappa shape index (κ1) is 15.5. The number of thiocarbonyl (C=S) groups is 1. The molecule has 5 heteroatoms. The van der Waals surface area contributed by atoms with Gasteiger partial charge in [-0.3, -0.25) is 0 Å². The van der Waals surface area contributed by atoms with Gasteiger partial charge < -0.3 is 15.4 Å². The van der Waals surface area contributed by atoms with Crippen LogP contribution in [0.5, 0.6) is 0 Å². The third-order valence-corrected chi connectivity index (χ3v) is 3.79. The van der Waals surface area contributed by atoms with Gasteiger partial charge in [0, 0.05) is 17.8 Å². The molecule has 2 N–H and O–H groups in total. The van der Waals surface area contributed by atoms with E-state index in [4.69, 9.17) is 17.0 Å². The molecule has 1 atom stereocenters. The molecule has 0 aliphatic carbocycles. The van der Waals surface area contributed by atoms with E-state index in [2.05, 4.69) is 22.5 Å². The monoisotopic (exact) mass is 325 g/mol. The standard InChI is InChI=1S/C18H19N3OS/c1-13-7-9-15(10-8-13)21-18(23)19-11-16-12-22-17(20-16)14-5-3-2-4-6-14/h2-10,16H,11-12H2,1H3,(H2,19,21,23)/t16-/m0/s1. The van der Waals surface area contributed by atoms with Gasteiger partial charge in [0.25, 0.3) is 0 Å². The molecule has 1 aliphatic heterocycles. The minimum Gasteiger partial charge on any atom is -0.475 e. The van der Waals surface area contributed by atoms with E-state index in [1.807, 2.05) is 54.6 Å². The molecule has 0 fully saturated rings. The van der Waals surface area contributed by atoms with Gasteiger partial charge in [0.2, 0.25) is 5.90 Å². The second kappa shape index (κ2) is 7.24. The fourth-order valence-electron chi connectivity index (χ4n) is 2.28. The Labute approximate surface area is 141 Å². The molecule has 0 unspecified atom stereocenters. The topological polar surface area (TPSA) is 45.6 Å². The van der Waals surface area contributed by atoms with E-state index in [1.54, 1.807) is 0 Å². The number of hydrogen-bond donors (Lipinski definition) is 2. The van der Waals surface area contributed by atoms with E-state index in [1.165, 1.54) is 5.56 Å². The summed E-state index contributed by atoms with van der Waals surface area (Å²) in [4.78, 5) is 4.59. The highest BCUT2D eigenvalue weighted by molar-refractivity contribution is 7.80. The zero-order chi connectivity index (χ0) is 16.1. The molecule has 0 spiro atoms. The number of nitrogens with one attached hydrogen (secondary N) is 2. The summed E-state index contributed by atoms with van der Waals surface area (Å²) >= 11 is 5.31. The molecule has 23 heavy (non-hydrogen) atoms. The molecule has 0 saturated carbocycles. The Balaban J connectivity index is 1.50. The average molecular weight is 325 g/mol. The van der Waals surface area contributed by atoms with Crippen LogP contribution in [0.3, 0.4) is 0 Å². The molecule has 0 saturated heterocycles. The number of nitrogens with zero attached hydrogens (tertiary/aromatic N) is 1. The Hall–Kier alpha value is -2.40. The van der Waals surface area contributed by atoms with Crippen LogP contribution in [0, 0.1) is 6.92 Å². The van der Waals surface area contributed by atoms with Crippen LogP contribution in [0.15, 0.2) is 59.6 Å². The summed E-state index contributed by atoms with van der Waals surface area (Å²) in [7, 11) is 0. The van der Waals surface area contributed by atoms with Gasteiger partial charge in [-0.05, 0) is 43.4 Å². The second-order valence-corrected chi connectivity index (χ2v) is 5.87. The summed E-state index contributed by atoms with van der Waals surface area (Å²) in [6.45, 7) is 3.28. The zero-order valence-electron chi connectivity index (χ0n) is 13.0. The third kappa shape index (κ3) is 4.29. The maximum absolute atomic E-state index is 5.66. The van der Waals surface area contributed by atoms with E-state index in [9.17, 15) is 0 Å². The van der Waals surface area contributed by atoms with E-state index < -0.39 is 0 Å². The predicted molar refractivity (Wildman–Crippen MR) is 98.1 cm³/mol. The van der Waals surface area contributed by atoms with Crippen LogP contribution in [0.2, 0.25) is 0 Å². The van der Waals surface area contributed by atoms with Gasteiger partial charge in [-0.15, -0.1) is 0 Å². The fourth-order valence-corrected chi connectivity index (χ4v) is 2.48. The van der Waals surface area contributed by atoms with Gasteiger partial charge >= 0.3 is 0 Å². The number of anilines is 1. The van der Waals surface area contributed by atoms with Crippen molar-refractivity contribution in [2.24, 2.45) is 4.99 Å². The van der Waals surface area contributed by atoms with Crippen molar-refractivity contribution in [2.45, 2.75) is 13.0 Å². The van der Waals surface area contributed by atoms with Gasteiger partial charge in [0.1, 0.15) is 12.6 Å². The smallest absolute Gasteiger partial charge is 0.216 e. The highest BCUT2D eigenvalue weighted by Crippen LogP contribution is 2.12. The fraction of sp³-hybridized carbons (Fsp3) is 0.222. The first-order chi connectivity index (χ1) is 11.2. The lowest BCUT2D eigenvalue weighted by Gasteiger charge is -2.12. The molecule has 1 heterocycles. The summed E-state index contributed by atoms with van der Waals surface area (Å²) in [6, 6.07) is 18.1. The van der Waals surface area contributed by atoms with Crippen molar-refractivity contribution in [1.29, 1.82) is 0 Å². The van der Waals surface area contributed by atoms with Crippen molar-refractivity contribution >= 4 is 28.9 Å².